The van der Waals surface area contributed by atoms with Gasteiger partial charge < -0.3 is 15.2 Å². The normalized spacial score (nSPS) is 12.2. The predicted molar refractivity (Wildman–Crippen MR) is 78.8 cm³/mol. The molecule has 116 valence electrons. The summed E-state index contributed by atoms with van der Waals surface area (Å²) in [5.74, 6) is -0.992. The van der Waals surface area contributed by atoms with Crippen LogP contribution in [0.15, 0.2) is 18.2 Å². The van der Waals surface area contributed by atoms with Crippen LogP contribution in [0.2, 0.25) is 0 Å². The number of carboxylic acids is 1. The Morgan fingerprint density at radius 1 is 1.48 bits per heavy atom. The van der Waals surface area contributed by atoms with E-state index in [0.29, 0.717) is 18.9 Å². The summed E-state index contributed by atoms with van der Waals surface area (Å²) in [5, 5.41) is 23.0. The molecule has 0 saturated heterocycles. The zero-order valence-corrected chi connectivity index (χ0v) is 12.3. The predicted octanol–water partition coefficient (Wildman–Crippen LogP) is 2.77. The molecule has 1 rings (SSSR count). The number of benzene rings is 1. The fraction of sp³-hybridized carbons (Fsp3) is 0.500. The van der Waals surface area contributed by atoms with E-state index in [1.165, 1.54) is 12.1 Å². The van der Waals surface area contributed by atoms with E-state index in [1.54, 1.807) is 0 Å². The van der Waals surface area contributed by atoms with Crippen molar-refractivity contribution in [1.29, 1.82) is 0 Å². The monoisotopic (exact) mass is 296 g/mol. The number of ether oxygens (including phenoxy) is 1. The summed E-state index contributed by atoms with van der Waals surface area (Å²) in [5.41, 5.74) is -0.0123. The van der Waals surface area contributed by atoms with Crippen LogP contribution in [0.1, 0.15) is 31.1 Å². The lowest BCUT2D eigenvalue weighted by Crippen LogP contribution is -2.31. The quantitative estimate of drug-likeness (QED) is 0.565. The van der Waals surface area contributed by atoms with Crippen molar-refractivity contribution in [3.8, 4) is 0 Å². The molecule has 0 bridgehead atoms. The lowest BCUT2D eigenvalue weighted by Gasteiger charge is -2.24. The molecular weight excluding hydrogens is 276 g/mol. The molecule has 7 heteroatoms. The molecule has 1 aromatic carbocycles. The Bertz CT molecular complexity index is 516. The molecular formula is C14H20N2O5. The largest absolute Gasteiger partial charge is 0.478 e. The van der Waals surface area contributed by atoms with E-state index in [0.717, 1.165) is 6.07 Å². The van der Waals surface area contributed by atoms with Crippen LogP contribution >= 0.6 is 0 Å². The number of nitrogens with one attached hydrogen (secondary N) is 1. The topological polar surface area (TPSA) is 102 Å². The highest BCUT2D eigenvalue weighted by atomic mass is 16.6. The summed E-state index contributed by atoms with van der Waals surface area (Å²) in [7, 11) is 0. The minimum Gasteiger partial charge on any atom is -0.478 e. The van der Waals surface area contributed by atoms with Crippen molar-refractivity contribution in [2.75, 3.05) is 18.5 Å². The van der Waals surface area contributed by atoms with E-state index in [-0.39, 0.29) is 23.2 Å². The summed E-state index contributed by atoms with van der Waals surface area (Å²) in [6, 6.07) is 3.68. The first-order valence-electron chi connectivity index (χ1n) is 6.72. The molecule has 7 nitrogen and oxygen atoms in total. The molecule has 0 aliphatic rings. The number of carbonyl (C=O) groups is 1. The number of nitrogens with zero attached hydrogens (tertiary/aromatic N) is 1. The van der Waals surface area contributed by atoms with Crippen molar-refractivity contribution in [2.24, 2.45) is 5.92 Å². The van der Waals surface area contributed by atoms with E-state index in [1.807, 2.05) is 20.8 Å². The van der Waals surface area contributed by atoms with Crippen molar-refractivity contribution < 1.29 is 19.6 Å². The fourth-order valence-electron chi connectivity index (χ4n) is 1.79. The number of hydrogen-bond acceptors (Lipinski definition) is 5. The number of rotatable bonds is 8. The zero-order chi connectivity index (χ0) is 16.0. The van der Waals surface area contributed by atoms with Gasteiger partial charge in [0.05, 0.1) is 23.1 Å². The van der Waals surface area contributed by atoms with Crippen LogP contribution < -0.4 is 5.32 Å². The summed E-state index contributed by atoms with van der Waals surface area (Å²) in [6.07, 6.45) is 0. The molecule has 1 unspecified atom stereocenters. The van der Waals surface area contributed by atoms with Crippen LogP contribution in [0.4, 0.5) is 11.4 Å². The van der Waals surface area contributed by atoms with Crippen molar-refractivity contribution in [3.05, 3.63) is 33.9 Å². The van der Waals surface area contributed by atoms with Crippen molar-refractivity contribution in [3.63, 3.8) is 0 Å². The average Bonchev–Trinajstić information content (AvgIpc) is 2.42. The maximum absolute atomic E-state index is 11.3. The van der Waals surface area contributed by atoms with Gasteiger partial charge in [-0.05, 0) is 18.9 Å². The number of non-ortho nitro benzene ring substituents is 1. The third-order valence-electron chi connectivity index (χ3n) is 3.09. The third kappa shape index (κ3) is 4.71. The highest BCUT2D eigenvalue weighted by molar-refractivity contribution is 5.95. The first-order chi connectivity index (χ1) is 9.86. The van der Waals surface area contributed by atoms with Crippen LogP contribution in [0, 0.1) is 16.0 Å². The van der Waals surface area contributed by atoms with Gasteiger partial charge >= 0.3 is 5.97 Å². The highest BCUT2D eigenvalue weighted by Gasteiger charge is 2.20. The van der Waals surface area contributed by atoms with Gasteiger partial charge in [-0.2, -0.15) is 0 Å². The minimum atomic E-state index is -1.21. The molecule has 0 heterocycles. The highest BCUT2D eigenvalue weighted by Crippen LogP contribution is 2.24. The van der Waals surface area contributed by atoms with Crippen molar-refractivity contribution >= 4 is 17.3 Å². The van der Waals surface area contributed by atoms with Gasteiger partial charge in [-0.1, -0.05) is 13.8 Å². The van der Waals surface area contributed by atoms with Gasteiger partial charge in [0.1, 0.15) is 0 Å². The van der Waals surface area contributed by atoms with E-state index < -0.39 is 10.9 Å². The Kier molecular flexibility index (Phi) is 6.10. The Hall–Kier alpha value is -2.15. The second-order valence-corrected chi connectivity index (χ2v) is 4.95. The van der Waals surface area contributed by atoms with E-state index in [4.69, 9.17) is 4.74 Å². The average molecular weight is 296 g/mol. The number of aromatic carboxylic acids is 1. The molecule has 0 radical (unpaired) electrons. The van der Waals surface area contributed by atoms with Crippen LogP contribution in [0.3, 0.4) is 0 Å². The summed E-state index contributed by atoms with van der Waals surface area (Å²) >= 11 is 0. The van der Waals surface area contributed by atoms with Crippen LogP contribution in [0.25, 0.3) is 0 Å². The molecule has 0 aliphatic carbocycles. The zero-order valence-electron chi connectivity index (χ0n) is 12.3. The van der Waals surface area contributed by atoms with Crippen LogP contribution in [-0.4, -0.2) is 35.3 Å². The first kappa shape index (κ1) is 16.9. The van der Waals surface area contributed by atoms with Crippen molar-refractivity contribution in [1.82, 2.24) is 0 Å². The standard InChI is InChI=1S/C14H20N2O5/c1-4-21-8-13(9(2)3)15-12-6-5-10(16(19)20)7-11(12)14(17)18/h5-7,9,13,15H,4,8H2,1-3H3,(H,17,18). The minimum absolute atomic E-state index is 0.0792. The Morgan fingerprint density at radius 2 is 2.14 bits per heavy atom. The Morgan fingerprint density at radius 3 is 2.62 bits per heavy atom. The summed E-state index contributed by atoms with van der Waals surface area (Å²) < 4.78 is 5.37. The molecule has 1 aromatic rings. The number of nitro benzene ring substituents is 1. The number of nitro groups is 1. The van der Waals surface area contributed by atoms with Gasteiger partial charge in [0, 0.05) is 24.4 Å². The van der Waals surface area contributed by atoms with E-state index in [2.05, 4.69) is 5.32 Å². The van der Waals surface area contributed by atoms with Gasteiger partial charge in [-0.25, -0.2) is 4.79 Å². The number of hydrogen-bond donors (Lipinski definition) is 2. The smallest absolute Gasteiger partial charge is 0.338 e. The van der Waals surface area contributed by atoms with Gasteiger partial charge in [0.25, 0.3) is 5.69 Å². The second kappa shape index (κ2) is 7.58. The van der Waals surface area contributed by atoms with E-state index >= 15 is 0 Å². The van der Waals surface area contributed by atoms with Gasteiger partial charge in [0.2, 0.25) is 0 Å². The Balaban J connectivity index is 3.05. The van der Waals surface area contributed by atoms with Gasteiger partial charge in [-0.15, -0.1) is 0 Å². The maximum Gasteiger partial charge on any atom is 0.338 e. The molecule has 1 atom stereocenters. The first-order valence-corrected chi connectivity index (χ1v) is 6.72. The molecule has 0 amide bonds. The lowest BCUT2D eigenvalue weighted by molar-refractivity contribution is -0.384. The molecule has 0 aromatic heterocycles. The van der Waals surface area contributed by atoms with Gasteiger partial charge in [0.15, 0.2) is 0 Å². The molecule has 0 fully saturated rings. The molecule has 0 saturated carbocycles. The van der Waals surface area contributed by atoms with Gasteiger partial charge in [-0.3, -0.25) is 10.1 Å². The number of anilines is 1. The van der Waals surface area contributed by atoms with Crippen LogP contribution in [-0.2, 0) is 4.74 Å². The summed E-state index contributed by atoms with van der Waals surface area (Å²) in [4.78, 5) is 21.4. The lowest BCUT2D eigenvalue weighted by atomic mass is 10.0. The van der Waals surface area contributed by atoms with Crippen molar-refractivity contribution in [2.45, 2.75) is 26.8 Å². The molecule has 2 N–H and O–H groups in total. The molecule has 21 heavy (non-hydrogen) atoms. The number of carboxylic acid groups (broad SMARTS) is 1. The fourth-order valence-corrected chi connectivity index (χ4v) is 1.79. The van der Waals surface area contributed by atoms with Crippen LogP contribution in [0.5, 0.6) is 0 Å². The SMILES string of the molecule is CCOCC(Nc1ccc([N+](=O)[O-])cc1C(=O)O)C(C)C. The third-order valence-corrected chi connectivity index (χ3v) is 3.09. The molecule has 0 aliphatic heterocycles. The second-order valence-electron chi connectivity index (χ2n) is 4.95. The Labute approximate surface area is 123 Å². The summed E-state index contributed by atoms with van der Waals surface area (Å²) in [6.45, 7) is 6.86. The maximum atomic E-state index is 11.3. The molecule has 0 spiro atoms. The van der Waals surface area contributed by atoms with E-state index in [9.17, 15) is 20.0 Å².